The molecule has 0 aliphatic carbocycles. The third-order valence-corrected chi connectivity index (χ3v) is 2.27. The predicted molar refractivity (Wildman–Crippen MR) is 56.9 cm³/mol. The second-order valence-electron chi connectivity index (χ2n) is 3.58. The van der Waals surface area contributed by atoms with Crippen LogP contribution in [0.5, 0.6) is 5.75 Å². The van der Waals surface area contributed by atoms with E-state index in [0.717, 1.165) is 16.9 Å². The summed E-state index contributed by atoms with van der Waals surface area (Å²) in [6.45, 7) is 3.52. The topological polar surface area (TPSA) is 64.7 Å². The van der Waals surface area contributed by atoms with Crippen molar-refractivity contribution in [3.63, 3.8) is 0 Å². The first kappa shape index (κ1) is 9.71. The van der Waals surface area contributed by atoms with E-state index < -0.39 is 6.10 Å². The van der Waals surface area contributed by atoms with Gasteiger partial charge < -0.3 is 10.5 Å². The molecule has 4 heteroatoms. The molecule has 0 radical (unpaired) electrons. The number of nitrogens with two attached hydrogens (primary N) is 1. The van der Waals surface area contributed by atoms with E-state index in [-0.39, 0.29) is 11.7 Å². The van der Waals surface area contributed by atoms with Gasteiger partial charge in [0.25, 0.3) is 5.91 Å². The molecule has 1 aromatic carbocycles. The van der Waals surface area contributed by atoms with Crippen LogP contribution in [0.2, 0.25) is 0 Å². The molecule has 1 aromatic rings. The molecule has 15 heavy (non-hydrogen) atoms. The molecule has 1 atom stereocenters. The zero-order valence-electron chi connectivity index (χ0n) is 8.65. The number of aryl methyl sites for hydroxylation is 1. The van der Waals surface area contributed by atoms with Crippen LogP contribution < -0.4 is 10.5 Å². The molecule has 1 amide bonds. The Morgan fingerprint density at radius 1 is 1.53 bits per heavy atom. The van der Waals surface area contributed by atoms with Gasteiger partial charge in [-0.2, -0.15) is 4.99 Å². The Hall–Kier alpha value is -1.84. The highest BCUT2D eigenvalue weighted by molar-refractivity contribution is 5.96. The molecule has 0 aromatic heterocycles. The number of para-hydroxylation sites is 1. The Kier molecular flexibility index (Phi) is 2.19. The lowest BCUT2D eigenvalue weighted by Gasteiger charge is -2.29. The minimum atomic E-state index is -0.571. The van der Waals surface area contributed by atoms with Crippen LogP contribution in [0.25, 0.3) is 0 Å². The summed E-state index contributed by atoms with van der Waals surface area (Å²) < 4.78 is 5.37. The van der Waals surface area contributed by atoms with Crippen molar-refractivity contribution in [2.45, 2.75) is 20.0 Å². The normalized spacial score (nSPS) is 18.8. The maximum absolute atomic E-state index is 11.5. The SMILES string of the molecule is CC(N)=NC(=O)C1Oc2c(C)cccc21. The van der Waals surface area contributed by atoms with Crippen molar-refractivity contribution in [1.29, 1.82) is 0 Å². The van der Waals surface area contributed by atoms with Gasteiger partial charge in [-0.3, -0.25) is 4.79 Å². The highest BCUT2D eigenvalue weighted by Crippen LogP contribution is 2.41. The van der Waals surface area contributed by atoms with Crippen molar-refractivity contribution in [1.82, 2.24) is 0 Å². The van der Waals surface area contributed by atoms with E-state index >= 15 is 0 Å². The first-order valence-electron chi connectivity index (χ1n) is 4.70. The van der Waals surface area contributed by atoms with E-state index in [1.165, 1.54) is 0 Å². The van der Waals surface area contributed by atoms with Gasteiger partial charge in [0, 0.05) is 5.56 Å². The van der Waals surface area contributed by atoms with Crippen LogP contribution in [0.4, 0.5) is 0 Å². The molecule has 0 saturated heterocycles. The average molecular weight is 204 g/mol. The molecular formula is C11H12N2O2. The molecule has 0 fully saturated rings. The molecule has 1 aliphatic rings. The molecule has 78 valence electrons. The van der Waals surface area contributed by atoms with Crippen LogP contribution in [0, 0.1) is 6.92 Å². The number of benzene rings is 1. The number of carbonyl (C=O) groups excluding carboxylic acids is 1. The summed E-state index contributed by atoms with van der Waals surface area (Å²) >= 11 is 0. The third-order valence-electron chi connectivity index (χ3n) is 2.27. The second kappa shape index (κ2) is 3.38. The molecular weight excluding hydrogens is 192 g/mol. The minimum absolute atomic E-state index is 0.254. The van der Waals surface area contributed by atoms with Gasteiger partial charge in [-0.1, -0.05) is 18.2 Å². The van der Waals surface area contributed by atoms with Gasteiger partial charge in [0.1, 0.15) is 5.75 Å². The van der Waals surface area contributed by atoms with Crippen molar-refractivity contribution in [2.75, 3.05) is 0 Å². The lowest BCUT2D eigenvalue weighted by molar-refractivity contribution is -0.126. The quantitative estimate of drug-likeness (QED) is 0.554. The Morgan fingerprint density at radius 3 is 2.93 bits per heavy atom. The fourth-order valence-corrected chi connectivity index (χ4v) is 1.58. The van der Waals surface area contributed by atoms with Gasteiger partial charge in [-0.15, -0.1) is 0 Å². The summed E-state index contributed by atoms with van der Waals surface area (Å²) in [6, 6.07) is 5.71. The fourth-order valence-electron chi connectivity index (χ4n) is 1.58. The van der Waals surface area contributed by atoms with E-state index in [2.05, 4.69) is 4.99 Å². The summed E-state index contributed by atoms with van der Waals surface area (Å²) in [7, 11) is 0. The van der Waals surface area contributed by atoms with Gasteiger partial charge in [-0.05, 0) is 19.4 Å². The van der Waals surface area contributed by atoms with E-state index in [1.54, 1.807) is 6.92 Å². The number of amidine groups is 1. The molecule has 2 rings (SSSR count). The van der Waals surface area contributed by atoms with E-state index in [0.29, 0.717) is 0 Å². The number of nitrogens with zero attached hydrogens (tertiary/aromatic N) is 1. The number of hydrogen-bond acceptors (Lipinski definition) is 2. The summed E-state index contributed by atoms with van der Waals surface area (Å²) in [5.74, 6) is 0.707. The number of aliphatic imine (C=N–C) groups is 1. The molecule has 0 spiro atoms. The van der Waals surface area contributed by atoms with Gasteiger partial charge >= 0.3 is 0 Å². The molecule has 2 N–H and O–H groups in total. The highest BCUT2D eigenvalue weighted by Gasteiger charge is 2.35. The van der Waals surface area contributed by atoms with Crippen molar-refractivity contribution in [3.05, 3.63) is 29.3 Å². The molecule has 0 bridgehead atoms. The van der Waals surface area contributed by atoms with Crippen LogP contribution in [-0.2, 0) is 4.79 Å². The zero-order valence-corrected chi connectivity index (χ0v) is 8.65. The molecule has 1 aliphatic heterocycles. The largest absolute Gasteiger partial charge is 0.475 e. The fraction of sp³-hybridized carbons (Fsp3) is 0.273. The lowest BCUT2D eigenvalue weighted by atomic mass is 9.99. The van der Waals surface area contributed by atoms with Gasteiger partial charge in [0.2, 0.25) is 6.10 Å². The van der Waals surface area contributed by atoms with Crippen molar-refractivity contribution in [2.24, 2.45) is 10.7 Å². The van der Waals surface area contributed by atoms with Crippen LogP contribution in [0.3, 0.4) is 0 Å². The Morgan fingerprint density at radius 2 is 2.27 bits per heavy atom. The Labute approximate surface area is 87.8 Å². The number of amides is 1. The van der Waals surface area contributed by atoms with Gasteiger partial charge in [0.15, 0.2) is 0 Å². The van der Waals surface area contributed by atoms with Crippen LogP contribution in [0.15, 0.2) is 23.2 Å². The minimum Gasteiger partial charge on any atom is -0.475 e. The number of rotatable bonds is 1. The second-order valence-corrected chi connectivity index (χ2v) is 3.58. The number of carbonyl (C=O) groups is 1. The van der Waals surface area contributed by atoms with E-state index in [4.69, 9.17) is 10.5 Å². The molecule has 1 unspecified atom stereocenters. The zero-order chi connectivity index (χ0) is 11.0. The number of hydrogen-bond donors (Lipinski definition) is 1. The average Bonchev–Trinajstić information content (AvgIpc) is 2.07. The Balaban J connectivity index is 2.25. The smallest absolute Gasteiger partial charge is 0.293 e. The number of ether oxygens (including phenoxy) is 1. The molecule has 4 nitrogen and oxygen atoms in total. The monoisotopic (exact) mass is 204 g/mol. The molecule has 0 saturated carbocycles. The van der Waals surface area contributed by atoms with Crippen LogP contribution in [0.1, 0.15) is 24.2 Å². The first-order valence-corrected chi connectivity index (χ1v) is 4.70. The van der Waals surface area contributed by atoms with Crippen LogP contribution >= 0.6 is 0 Å². The summed E-state index contributed by atoms with van der Waals surface area (Å²) in [6.07, 6.45) is -0.571. The van der Waals surface area contributed by atoms with Gasteiger partial charge in [0.05, 0.1) is 5.84 Å². The summed E-state index contributed by atoms with van der Waals surface area (Å²) in [4.78, 5) is 15.2. The van der Waals surface area contributed by atoms with Gasteiger partial charge in [-0.25, -0.2) is 0 Å². The van der Waals surface area contributed by atoms with E-state index in [1.807, 2.05) is 25.1 Å². The predicted octanol–water partition coefficient (Wildman–Crippen LogP) is 1.33. The maximum atomic E-state index is 11.5. The highest BCUT2D eigenvalue weighted by atomic mass is 16.5. The number of fused-ring (bicyclic) bond motifs is 1. The van der Waals surface area contributed by atoms with Crippen molar-refractivity contribution >= 4 is 11.7 Å². The van der Waals surface area contributed by atoms with Crippen LogP contribution in [-0.4, -0.2) is 11.7 Å². The summed E-state index contributed by atoms with van der Waals surface area (Å²) in [5.41, 5.74) is 7.26. The maximum Gasteiger partial charge on any atom is 0.293 e. The van der Waals surface area contributed by atoms with Crippen molar-refractivity contribution < 1.29 is 9.53 Å². The first-order chi connectivity index (χ1) is 7.09. The Bertz CT molecular complexity index is 448. The third kappa shape index (κ3) is 1.58. The van der Waals surface area contributed by atoms with Crippen molar-refractivity contribution in [3.8, 4) is 5.75 Å². The van der Waals surface area contributed by atoms with E-state index in [9.17, 15) is 4.79 Å². The summed E-state index contributed by atoms with van der Waals surface area (Å²) in [5, 5.41) is 0. The molecule has 1 heterocycles. The standard InChI is InChI=1S/C11H12N2O2/c1-6-4-3-5-8-9(6)15-10(8)11(14)13-7(2)12/h3-5,10H,1-2H3,(H2,12,13,14). The lowest BCUT2D eigenvalue weighted by Crippen LogP contribution is -2.28.